The smallest absolute Gasteiger partial charge is 0.129 e. The topological polar surface area (TPSA) is 60.0 Å². The van der Waals surface area contributed by atoms with Gasteiger partial charge in [0.05, 0.1) is 19.0 Å². The summed E-state index contributed by atoms with van der Waals surface area (Å²) in [6.45, 7) is 4.33. The maximum Gasteiger partial charge on any atom is 0.129 e. The van der Waals surface area contributed by atoms with E-state index in [4.69, 9.17) is 13.9 Å². The molecule has 0 radical (unpaired) electrons. The van der Waals surface area contributed by atoms with Crippen molar-refractivity contribution in [2.45, 2.75) is 32.2 Å². The largest absolute Gasteiger partial charge is 0.467 e. The molecule has 0 aliphatic heterocycles. The van der Waals surface area contributed by atoms with Crippen LogP contribution in [-0.2, 0) is 29.2 Å². The molecule has 2 heterocycles. The second-order valence-electron chi connectivity index (χ2n) is 7.44. The summed E-state index contributed by atoms with van der Waals surface area (Å²) in [5.74, 6) is 0.762. The summed E-state index contributed by atoms with van der Waals surface area (Å²) in [6.07, 6.45) is 4.08. The van der Waals surface area contributed by atoms with Gasteiger partial charge in [-0.1, -0.05) is 30.3 Å². The molecule has 0 bridgehead atoms. The van der Waals surface area contributed by atoms with Crippen LogP contribution in [0, 0.1) is 0 Å². The molecular weight excluding hydrogens is 380 g/mol. The summed E-state index contributed by atoms with van der Waals surface area (Å²) in [6, 6.07) is 18.4. The van der Waals surface area contributed by atoms with Gasteiger partial charge >= 0.3 is 0 Å². The molecule has 0 saturated carbocycles. The highest BCUT2D eigenvalue weighted by Gasteiger charge is 2.15. The maximum absolute atomic E-state index is 10.5. The van der Waals surface area contributed by atoms with Gasteiger partial charge in [0, 0.05) is 51.8 Å². The Balaban J connectivity index is 1.54. The van der Waals surface area contributed by atoms with Gasteiger partial charge in [-0.3, -0.25) is 4.90 Å². The molecule has 3 aromatic rings. The van der Waals surface area contributed by atoms with Gasteiger partial charge in [-0.25, -0.2) is 0 Å². The number of furan rings is 1. The Hall–Kier alpha value is -2.38. The normalized spacial score (nSPS) is 12.5. The molecule has 2 aromatic heterocycles. The first-order valence-corrected chi connectivity index (χ1v) is 10.4. The summed E-state index contributed by atoms with van der Waals surface area (Å²) < 4.78 is 18.3. The van der Waals surface area contributed by atoms with Gasteiger partial charge in [0.25, 0.3) is 0 Å². The number of aromatic nitrogens is 1. The fraction of sp³-hybridized carbons (Fsp3) is 0.417. The monoisotopic (exact) mass is 412 g/mol. The summed E-state index contributed by atoms with van der Waals surface area (Å²) in [4.78, 5) is 2.26. The first-order chi connectivity index (χ1) is 14.7. The Morgan fingerprint density at radius 2 is 1.97 bits per heavy atom. The number of nitrogens with zero attached hydrogens (tertiary/aromatic N) is 2. The van der Waals surface area contributed by atoms with Gasteiger partial charge in [0.2, 0.25) is 0 Å². The van der Waals surface area contributed by atoms with E-state index in [1.165, 1.54) is 11.3 Å². The minimum atomic E-state index is -0.569. The number of methoxy groups -OCH3 is 1. The second-order valence-corrected chi connectivity index (χ2v) is 7.44. The van der Waals surface area contributed by atoms with Crippen molar-refractivity contribution in [3.05, 3.63) is 84.1 Å². The van der Waals surface area contributed by atoms with Crippen LogP contribution in [0.4, 0.5) is 0 Å². The SMILES string of the molecule is COCCCN(Cc1cccn1Cc1ccccc1)CC(O)COCc1ccco1. The standard InChI is InChI=1S/C24H32N2O4/c1-28-14-7-12-25(18-23(27)19-29-20-24-11-6-15-30-24)17-22-10-5-13-26(22)16-21-8-3-2-4-9-21/h2-6,8-11,13,15,23,27H,7,12,14,16-20H2,1H3. The average Bonchev–Trinajstić information content (AvgIpc) is 3.41. The summed E-state index contributed by atoms with van der Waals surface area (Å²) in [7, 11) is 1.71. The minimum Gasteiger partial charge on any atom is -0.467 e. The number of rotatable bonds is 14. The predicted octanol–water partition coefficient (Wildman–Crippen LogP) is 3.55. The number of ether oxygens (including phenoxy) is 2. The number of aliphatic hydroxyl groups is 1. The molecule has 1 atom stereocenters. The Kier molecular flexibility index (Phi) is 9.18. The molecular formula is C24H32N2O4. The number of hydrogen-bond acceptors (Lipinski definition) is 5. The highest BCUT2D eigenvalue weighted by atomic mass is 16.5. The number of benzene rings is 1. The molecule has 162 valence electrons. The molecule has 1 unspecified atom stereocenters. The Morgan fingerprint density at radius 3 is 2.73 bits per heavy atom. The first kappa shape index (κ1) is 22.3. The van der Waals surface area contributed by atoms with E-state index in [1.807, 2.05) is 18.2 Å². The van der Waals surface area contributed by atoms with Gasteiger partial charge in [-0.2, -0.15) is 0 Å². The quantitative estimate of drug-likeness (QED) is 0.411. The maximum atomic E-state index is 10.5. The lowest BCUT2D eigenvalue weighted by molar-refractivity contribution is 0.00251. The molecule has 0 spiro atoms. The fourth-order valence-electron chi connectivity index (χ4n) is 3.46. The van der Waals surface area contributed by atoms with Crippen LogP contribution in [0.15, 0.2) is 71.5 Å². The van der Waals surface area contributed by atoms with Crippen LogP contribution < -0.4 is 0 Å². The van der Waals surface area contributed by atoms with Crippen molar-refractivity contribution in [1.82, 2.24) is 9.47 Å². The summed E-state index contributed by atoms with van der Waals surface area (Å²) in [5, 5.41) is 10.5. The van der Waals surface area contributed by atoms with Gasteiger partial charge < -0.3 is 23.6 Å². The first-order valence-electron chi connectivity index (χ1n) is 10.4. The van der Waals surface area contributed by atoms with Crippen LogP contribution in [0.1, 0.15) is 23.4 Å². The number of aliphatic hydroxyl groups excluding tert-OH is 1. The van der Waals surface area contributed by atoms with E-state index >= 15 is 0 Å². The van der Waals surface area contributed by atoms with Gasteiger partial charge in [-0.15, -0.1) is 0 Å². The molecule has 6 nitrogen and oxygen atoms in total. The van der Waals surface area contributed by atoms with Crippen molar-refractivity contribution in [2.24, 2.45) is 0 Å². The molecule has 1 aromatic carbocycles. The van der Waals surface area contributed by atoms with Gasteiger partial charge in [0.15, 0.2) is 0 Å². The van der Waals surface area contributed by atoms with Crippen LogP contribution >= 0.6 is 0 Å². The third kappa shape index (κ3) is 7.46. The minimum absolute atomic E-state index is 0.270. The van der Waals surface area contributed by atoms with Crippen molar-refractivity contribution in [3.63, 3.8) is 0 Å². The zero-order valence-electron chi connectivity index (χ0n) is 17.7. The van der Waals surface area contributed by atoms with Crippen molar-refractivity contribution >= 4 is 0 Å². The highest BCUT2D eigenvalue weighted by Crippen LogP contribution is 2.12. The molecule has 0 aliphatic rings. The van der Waals surface area contributed by atoms with Crippen LogP contribution in [0.3, 0.4) is 0 Å². The molecule has 6 heteroatoms. The van der Waals surface area contributed by atoms with E-state index in [-0.39, 0.29) is 6.61 Å². The predicted molar refractivity (Wildman–Crippen MR) is 116 cm³/mol. The summed E-state index contributed by atoms with van der Waals surface area (Å²) >= 11 is 0. The summed E-state index contributed by atoms with van der Waals surface area (Å²) in [5.41, 5.74) is 2.49. The van der Waals surface area contributed by atoms with E-state index in [9.17, 15) is 5.11 Å². The number of hydrogen-bond donors (Lipinski definition) is 1. The zero-order chi connectivity index (χ0) is 21.0. The van der Waals surface area contributed by atoms with Crippen molar-refractivity contribution in [1.29, 1.82) is 0 Å². The van der Waals surface area contributed by atoms with E-state index in [1.54, 1.807) is 13.4 Å². The lowest BCUT2D eigenvalue weighted by Gasteiger charge is -2.25. The van der Waals surface area contributed by atoms with Crippen LogP contribution in [-0.4, -0.2) is 54.1 Å². The average molecular weight is 413 g/mol. The lowest BCUT2D eigenvalue weighted by atomic mass is 10.2. The van der Waals surface area contributed by atoms with E-state index in [0.29, 0.717) is 19.8 Å². The third-order valence-corrected chi connectivity index (χ3v) is 4.93. The zero-order valence-corrected chi connectivity index (χ0v) is 17.7. The second kappa shape index (κ2) is 12.3. The fourth-order valence-corrected chi connectivity index (χ4v) is 3.46. The van der Waals surface area contributed by atoms with Crippen LogP contribution in [0.25, 0.3) is 0 Å². The van der Waals surface area contributed by atoms with E-state index in [0.717, 1.165) is 31.8 Å². The van der Waals surface area contributed by atoms with Crippen molar-refractivity contribution in [2.75, 3.05) is 33.4 Å². The Morgan fingerprint density at radius 1 is 1.10 bits per heavy atom. The van der Waals surface area contributed by atoms with Crippen LogP contribution in [0.2, 0.25) is 0 Å². The third-order valence-electron chi connectivity index (χ3n) is 4.93. The lowest BCUT2D eigenvalue weighted by Crippen LogP contribution is -2.36. The molecule has 0 amide bonds. The molecule has 0 fully saturated rings. The molecule has 1 N–H and O–H groups in total. The highest BCUT2D eigenvalue weighted by molar-refractivity contribution is 5.17. The molecule has 0 saturated heterocycles. The molecule has 0 aliphatic carbocycles. The van der Waals surface area contributed by atoms with Crippen molar-refractivity contribution < 1.29 is 19.0 Å². The van der Waals surface area contributed by atoms with Gasteiger partial charge in [-0.05, 0) is 36.2 Å². The molecule has 3 rings (SSSR count). The Bertz CT molecular complexity index is 817. The Labute approximate surface area is 178 Å². The van der Waals surface area contributed by atoms with E-state index in [2.05, 4.69) is 52.1 Å². The van der Waals surface area contributed by atoms with Crippen LogP contribution in [0.5, 0.6) is 0 Å². The molecule has 30 heavy (non-hydrogen) atoms. The van der Waals surface area contributed by atoms with E-state index < -0.39 is 6.10 Å². The van der Waals surface area contributed by atoms with Crippen molar-refractivity contribution in [3.8, 4) is 0 Å². The van der Waals surface area contributed by atoms with Gasteiger partial charge in [0.1, 0.15) is 12.4 Å².